The normalized spacial score (nSPS) is 13.3. The Hall–Kier alpha value is 0.140. The molecule has 0 bridgehead atoms. The zero-order valence-electron chi connectivity index (χ0n) is 10.4. The largest absolute Gasteiger partial charge is 0.310 e. The fraction of sp³-hybridized carbons (Fsp3) is 0.692. The van der Waals surface area contributed by atoms with E-state index >= 15 is 0 Å². The maximum absolute atomic E-state index is 3.58. The fourth-order valence-corrected chi connectivity index (χ4v) is 3.39. The van der Waals surface area contributed by atoms with Gasteiger partial charge in [0.2, 0.25) is 0 Å². The summed E-state index contributed by atoms with van der Waals surface area (Å²) in [4.78, 5) is 1.46. The van der Waals surface area contributed by atoms with Crippen LogP contribution in [0.25, 0.3) is 0 Å². The van der Waals surface area contributed by atoms with Crippen LogP contribution >= 0.6 is 27.3 Å². The van der Waals surface area contributed by atoms with Crippen molar-refractivity contribution in [3.8, 4) is 0 Å². The van der Waals surface area contributed by atoms with Crippen LogP contribution in [0.3, 0.4) is 0 Å². The molecule has 0 saturated heterocycles. The Labute approximate surface area is 112 Å². The second-order valence-electron chi connectivity index (χ2n) is 4.60. The van der Waals surface area contributed by atoms with E-state index in [0.29, 0.717) is 6.04 Å². The quantitative estimate of drug-likeness (QED) is 0.748. The molecule has 0 aliphatic carbocycles. The van der Waals surface area contributed by atoms with Crippen LogP contribution in [0.4, 0.5) is 0 Å². The molecule has 0 spiro atoms. The van der Waals surface area contributed by atoms with Crippen LogP contribution in [0, 0.1) is 5.92 Å². The van der Waals surface area contributed by atoms with E-state index in [1.165, 1.54) is 28.6 Å². The molecule has 1 aromatic heterocycles. The summed E-state index contributed by atoms with van der Waals surface area (Å²) in [5.74, 6) is 0.817. The molecule has 0 fully saturated rings. The molecule has 1 unspecified atom stereocenters. The summed E-state index contributed by atoms with van der Waals surface area (Å²) in [5, 5.41) is 5.74. The highest BCUT2D eigenvalue weighted by atomic mass is 79.9. The van der Waals surface area contributed by atoms with E-state index < -0.39 is 0 Å². The van der Waals surface area contributed by atoms with Crippen molar-refractivity contribution < 1.29 is 0 Å². The molecule has 1 nitrogen and oxygen atoms in total. The summed E-state index contributed by atoms with van der Waals surface area (Å²) in [7, 11) is 0. The molecule has 92 valence electrons. The lowest BCUT2D eigenvalue weighted by molar-refractivity contribution is 0.459. The Morgan fingerprint density at radius 3 is 2.62 bits per heavy atom. The lowest BCUT2D eigenvalue weighted by Gasteiger charge is -2.16. The number of hydrogen-bond acceptors (Lipinski definition) is 2. The van der Waals surface area contributed by atoms with Gasteiger partial charge in [-0.25, -0.2) is 0 Å². The maximum atomic E-state index is 3.58. The molecule has 3 heteroatoms. The van der Waals surface area contributed by atoms with Crippen molar-refractivity contribution in [1.82, 2.24) is 5.32 Å². The van der Waals surface area contributed by atoms with Crippen LogP contribution in [0.2, 0.25) is 0 Å². The monoisotopic (exact) mass is 303 g/mol. The van der Waals surface area contributed by atoms with Gasteiger partial charge in [0.25, 0.3) is 0 Å². The lowest BCUT2D eigenvalue weighted by Crippen LogP contribution is -2.20. The summed E-state index contributed by atoms with van der Waals surface area (Å²) in [5.41, 5.74) is 0. The predicted molar refractivity (Wildman–Crippen MR) is 77.1 cm³/mol. The Balaban J connectivity index is 2.47. The van der Waals surface area contributed by atoms with Gasteiger partial charge in [0.05, 0.1) is 0 Å². The van der Waals surface area contributed by atoms with E-state index in [0.717, 1.165) is 12.5 Å². The third-order valence-electron chi connectivity index (χ3n) is 2.66. The van der Waals surface area contributed by atoms with Crippen LogP contribution in [0.1, 0.15) is 51.0 Å². The number of rotatable bonds is 7. The number of thiophene rings is 1. The summed E-state index contributed by atoms with van der Waals surface area (Å²) in [6.45, 7) is 7.81. The topological polar surface area (TPSA) is 12.0 Å². The van der Waals surface area contributed by atoms with Gasteiger partial charge in [0.1, 0.15) is 0 Å². The van der Waals surface area contributed by atoms with Crippen molar-refractivity contribution in [2.75, 3.05) is 6.54 Å². The Morgan fingerprint density at radius 2 is 2.12 bits per heavy atom. The van der Waals surface area contributed by atoms with E-state index in [1.54, 1.807) is 0 Å². The Kier molecular flexibility index (Phi) is 6.62. The van der Waals surface area contributed by atoms with Crippen molar-refractivity contribution in [3.63, 3.8) is 0 Å². The first kappa shape index (κ1) is 14.2. The van der Waals surface area contributed by atoms with Crippen molar-refractivity contribution in [2.24, 2.45) is 5.92 Å². The van der Waals surface area contributed by atoms with Crippen LogP contribution < -0.4 is 5.32 Å². The third kappa shape index (κ3) is 4.98. The van der Waals surface area contributed by atoms with Crippen LogP contribution in [-0.2, 0) is 0 Å². The second kappa shape index (κ2) is 7.46. The van der Waals surface area contributed by atoms with Gasteiger partial charge in [-0.15, -0.1) is 11.3 Å². The zero-order valence-corrected chi connectivity index (χ0v) is 12.8. The van der Waals surface area contributed by atoms with Gasteiger partial charge < -0.3 is 5.32 Å². The van der Waals surface area contributed by atoms with Crippen molar-refractivity contribution in [2.45, 2.75) is 46.1 Å². The summed E-state index contributed by atoms with van der Waals surface area (Å²) in [6.07, 6.45) is 3.89. The van der Waals surface area contributed by atoms with Crippen LogP contribution in [0.15, 0.2) is 15.9 Å². The number of halogens is 1. The first-order valence-corrected chi connectivity index (χ1v) is 7.78. The van der Waals surface area contributed by atoms with Crippen molar-refractivity contribution in [3.05, 3.63) is 20.8 Å². The smallest absolute Gasteiger partial charge is 0.0415 e. The maximum Gasteiger partial charge on any atom is 0.0415 e. The van der Waals surface area contributed by atoms with E-state index in [-0.39, 0.29) is 0 Å². The van der Waals surface area contributed by atoms with Gasteiger partial charge in [0.15, 0.2) is 0 Å². The average Bonchev–Trinajstić information content (AvgIpc) is 2.63. The van der Waals surface area contributed by atoms with E-state index in [2.05, 4.69) is 53.5 Å². The van der Waals surface area contributed by atoms with Gasteiger partial charge in [0, 0.05) is 20.8 Å². The molecule has 16 heavy (non-hydrogen) atoms. The van der Waals surface area contributed by atoms with Gasteiger partial charge in [-0.05, 0) is 40.9 Å². The molecular weight excluding hydrogens is 282 g/mol. The zero-order chi connectivity index (χ0) is 12.0. The van der Waals surface area contributed by atoms with Crippen molar-refractivity contribution >= 4 is 27.3 Å². The minimum atomic E-state index is 0.542. The molecule has 0 amide bonds. The first-order chi connectivity index (χ1) is 7.63. The highest BCUT2D eigenvalue weighted by Gasteiger charge is 2.12. The molecule has 0 radical (unpaired) electrons. The van der Waals surface area contributed by atoms with Crippen molar-refractivity contribution in [1.29, 1.82) is 0 Å². The predicted octanol–water partition coefficient (Wildman–Crippen LogP) is 4.99. The molecular formula is C13H22BrNS. The molecule has 1 aromatic rings. The minimum absolute atomic E-state index is 0.542. The molecule has 1 rings (SSSR count). The van der Waals surface area contributed by atoms with E-state index in [4.69, 9.17) is 0 Å². The van der Waals surface area contributed by atoms with Gasteiger partial charge in [-0.3, -0.25) is 0 Å². The van der Waals surface area contributed by atoms with Gasteiger partial charge >= 0.3 is 0 Å². The minimum Gasteiger partial charge on any atom is -0.310 e. The summed E-state index contributed by atoms with van der Waals surface area (Å²) >= 11 is 5.37. The summed E-state index contributed by atoms with van der Waals surface area (Å²) < 4.78 is 1.21. The highest BCUT2D eigenvalue weighted by Crippen LogP contribution is 2.29. The van der Waals surface area contributed by atoms with E-state index in [9.17, 15) is 0 Å². The molecule has 0 aliphatic heterocycles. The van der Waals surface area contributed by atoms with Gasteiger partial charge in [-0.2, -0.15) is 0 Å². The number of hydrogen-bond donors (Lipinski definition) is 1. The van der Waals surface area contributed by atoms with E-state index in [1.807, 2.05) is 11.3 Å². The highest BCUT2D eigenvalue weighted by molar-refractivity contribution is 9.10. The molecule has 1 atom stereocenters. The second-order valence-corrected chi connectivity index (χ2v) is 6.46. The van der Waals surface area contributed by atoms with Crippen LogP contribution in [0.5, 0.6) is 0 Å². The first-order valence-electron chi connectivity index (χ1n) is 6.10. The molecule has 1 N–H and O–H groups in total. The standard InChI is InChI=1S/C13H22BrNS/c1-4-15-12(7-5-6-10(2)3)13-8-11(14)9-16-13/h8-10,12,15H,4-7H2,1-3H3. The Bertz CT molecular complexity index is 296. The molecule has 1 heterocycles. The molecule has 0 aromatic carbocycles. The fourth-order valence-electron chi connectivity index (χ4n) is 1.83. The molecule has 0 aliphatic rings. The molecule has 0 saturated carbocycles. The lowest BCUT2D eigenvalue weighted by atomic mass is 10.0. The third-order valence-corrected chi connectivity index (χ3v) is 4.46. The number of nitrogens with one attached hydrogen (secondary N) is 1. The Morgan fingerprint density at radius 1 is 1.38 bits per heavy atom. The summed E-state index contributed by atoms with van der Waals surface area (Å²) in [6, 6.07) is 2.79. The average molecular weight is 304 g/mol. The SMILES string of the molecule is CCNC(CCCC(C)C)c1cc(Br)cs1. The van der Waals surface area contributed by atoms with Gasteiger partial charge in [-0.1, -0.05) is 33.6 Å². The van der Waals surface area contributed by atoms with Crippen LogP contribution in [-0.4, -0.2) is 6.54 Å².